The zero-order valence-corrected chi connectivity index (χ0v) is 18.0. The second kappa shape index (κ2) is 7.29. The first-order chi connectivity index (χ1) is 14.3. The predicted octanol–water partition coefficient (Wildman–Crippen LogP) is 2.37. The summed E-state index contributed by atoms with van der Waals surface area (Å²) in [6, 6.07) is 6.62. The van der Waals surface area contributed by atoms with Gasteiger partial charge < -0.3 is 15.2 Å². The average Bonchev–Trinajstić information content (AvgIpc) is 2.66. The molecule has 6 rings (SSSR count). The molecule has 1 amide bonds. The normalized spacial score (nSPS) is 36.0. The van der Waals surface area contributed by atoms with Crippen LogP contribution < -0.4 is 5.32 Å². The maximum atomic E-state index is 13.1. The molecule has 4 bridgehead atoms. The van der Waals surface area contributed by atoms with Crippen LogP contribution in [0, 0.1) is 17.3 Å². The van der Waals surface area contributed by atoms with Crippen LogP contribution in [0.15, 0.2) is 29.2 Å². The van der Waals surface area contributed by atoms with E-state index < -0.39 is 15.6 Å². The van der Waals surface area contributed by atoms with E-state index >= 15 is 0 Å². The van der Waals surface area contributed by atoms with E-state index in [-0.39, 0.29) is 16.2 Å². The molecule has 0 aromatic heterocycles. The number of para-hydroxylation sites is 1. The summed E-state index contributed by atoms with van der Waals surface area (Å²) in [4.78, 5) is 13.2. The molecule has 2 unspecified atom stereocenters. The average molecular weight is 435 g/mol. The van der Waals surface area contributed by atoms with Gasteiger partial charge >= 0.3 is 0 Å². The molecular formula is C22H30N2O5S. The van der Waals surface area contributed by atoms with E-state index in [4.69, 9.17) is 4.74 Å². The number of amides is 1. The first-order valence-electron chi connectivity index (χ1n) is 11.0. The van der Waals surface area contributed by atoms with Crippen molar-refractivity contribution >= 4 is 21.6 Å². The van der Waals surface area contributed by atoms with Gasteiger partial charge in [-0.15, -0.1) is 0 Å². The van der Waals surface area contributed by atoms with Crippen molar-refractivity contribution in [3.63, 3.8) is 0 Å². The zero-order chi connectivity index (χ0) is 21.0. The van der Waals surface area contributed by atoms with Crippen molar-refractivity contribution in [2.45, 2.75) is 55.4 Å². The Labute approximate surface area is 177 Å². The van der Waals surface area contributed by atoms with E-state index in [1.54, 1.807) is 24.3 Å². The molecule has 2 N–H and O–H groups in total. The van der Waals surface area contributed by atoms with Crippen LogP contribution in [0.1, 0.15) is 44.9 Å². The highest BCUT2D eigenvalue weighted by Gasteiger charge is 2.57. The van der Waals surface area contributed by atoms with Gasteiger partial charge in [-0.05, 0) is 67.9 Å². The Morgan fingerprint density at radius 1 is 1.13 bits per heavy atom. The quantitative estimate of drug-likeness (QED) is 0.742. The summed E-state index contributed by atoms with van der Waals surface area (Å²) in [6.45, 7) is 1.38. The minimum absolute atomic E-state index is 0.129. The molecule has 0 radical (unpaired) electrons. The van der Waals surface area contributed by atoms with Crippen molar-refractivity contribution < 1.29 is 23.1 Å². The smallest absolute Gasteiger partial charge is 0.245 e. The van der Waals surface area contributed by atoms with Gasteiger partial charge in [-0.3, -0.25) is 4.79 Å². The topological polar surface area (TPSA) is 95.9 Å². The van der Waals surface area contributed by atoms with Crippen molar-refractivity contribution in [3.8, 4) is 0 Å². The van der Waals surface area contributed by atoms with Crippen molar-refractivity contribution in [1.29, 1.82) is 0 Å². The Balaban J connectivity index is 1.34. The molecule has 4 aliphatic carbocycles. The Kier molecular flexibility index (Phi) is 4.96. The summed E-state index contributed by atoms with van der Waals surface area (Å²) in [5, 5.41) is 13.8. The standard InChI is InChI=1S/C22H30N2O5S/c25-20(14-21-10-16-9-17(11-21)13-22(26,12-16)15-21)23-18-3-1-2-4-19(18)30(27,28)24-5-7-29-8-6-24/h1-4,16-17,26H,5-15H2,(H,23,25). The number of anilines is 1. The lowest BCUT2D eigenvalue weighted by Gasteiger charge is -2.60. The van der Waals surface area contributed by atoms with Crippen LogP contribution in [0.3, 0.4) is 0 Å². The molecule has 30 heavy (non-hydrogen) atoms. The number of rotatable bonds is 5. The highest BCUT2D eigenvalue weighted by molar-refractivity contribution is 7.89. The zero-order valence-electron chi connectivity index (χ0n) is 17.2. The number of nitrogens with zero attached hydrogens (tertiary/aromatic N) is 1. The molecule has 8 heteroatoms. The maximum absolute atomic E-state index is 13.1. The highest BCUT2D eigenvalue weighted by atomic mass is 32.2. The number of nitrogens with one attached hydrogen (secondary N) is 1. The van der Waals surface area contributed by atoms with E-state index in [0.717, 1.165) is 25.7 Å². The van der Waals surface area contributed by atoms with Crippen LogP contribution >= 0.6 is 0 Å². The van der Waals surface area contributed by atoms with Crippen LogP contribution in [0.2, 0.25) is 0 Å². The SMILES string of the molecule is O=C(CC12CC3CC(CC(O)(C3)C1)C2)Nc1ccccc1S(=O)(=O)N1CCOCC1. The van der Waals surface area contributed by atoms with Crippen LogP contribution in [-0.2, 0) is 19.6 Å². The fourth-order valence-electron chi connectivity index (χ4n) is 6.86. The predicted molar refractivity (Wildman–Crippen MR) is 111 cm³/mol. The van der Waals surface area contributed by atoms with Gasteiger partial charge in [0, 0.05) is 19.5 Å². The summed E-state index contributed by atoms with van der Waals surface area (Å²) < 4.78 is 32.9. The first kappa shape index (κ1) is 20.4. The van der Waals surface area contributed by atoms with Gasteiger partial charge in [0.25, 0.3) is 0 Å². The monoisotopic (exact) mass is 434 g/mol. The third-order valence-electron chi connectivity index (χ3n) is 7.44. The van der Waals surface area contributed by atoms with Gasteiger partial charge in [-0.1, -0.05) is 12.1 Å². The third-order valence-corrected chi connectivity index (χ3v) is 9.39. The minimum Gasteiger partial charge on any atom is -0.390 e. The molecule has 0 spiro atoms. The van der Waals surface area contributed by atoms with E-state index in [1.807, 2.05) is 0 Å². The molecule has 4 saturated carbocycles. The fourth-order valence-corrected chi connectivity index (χ4v) is 8.42. The van der Waals surface area contributed by atoms with Crippen LogP contribution in [0.25, 0.3) is 0 Å². The number of hydrogen-bond acceptors (Lipinski definition) is 5. The van der Waals surface area contributed by atoms with Crippen molar-refractivity contribution in [3.05, 3.63) is 24.3 Å². The summed E-state index contributed by atoms with van der Waals surface area (Å²) in [5.41, 5.74) is -0.430. The van der Waals surface area contributed by atoms with Crippen molar-refractivity contribution in [1.82, 2.24) is 4.31 Å². The fraction of sp³-hybridized carbons (Fsp3) is 0.682. The molecule has 1 aromatic rings. The molecule has 2 atom stereocenters. The number of carbonyl (C=O) groups excluding carboxylic acids is 1. The van der Waals surface area contributed by atoms with Crippen molar-refractivity contribution in [2.24, 2.45) is 17.3 Å². The van der Waals surface area contributed by atoms with Gasteiger partial charge in [-0.25, -0.2) is 8.42 Å². The van der Waals surface area contributed by atoms with Gasteiger partial charge in [-0.2, -0.15) is 4.31 Å². The van der Waals surface area contributed by atoms with E-state index in [0.29, 0.717) is 56.7 Å². The number of morpholine rings is 1. The van der Waals surface area contributed by atoms with E-state index in [1.165, 1.54) is 10.7 Å². The highest BCUT2D eigenvalue weighted by Crippen LogP contribution is 2.62. The van der Waals surface area contributed by atoms with Crippen molar-refractivity contribution in [2.75, 3.05) is 31.6 Å². The van der Waals surface area contributed by atoms with Crippen LogP contribution in [0.5, 0.6) is 0 Å². The Morgan fingerprint density at radius 2 is 1.80 bits per heavy atom. The molecule has 1 saturated heterocycles. The number of carbonyl (C=O) groups is 1. The molecule has 7 nitrogen and oxygen atoms in total. The number of sulfonamides is 1. The van der Waals surface area contributed by atoms with Gasteiger partial charge in [0.05, 0.1) is 24.5 Å². The summed E-state index contributed by atoms with van der Waals surface area (Å²) >= 11 is 0. The largest absolute Gasteiger partial charge is 0.390 e. The van der Waals surface area contributed by atoms with E-state index in [2.05, 4.69) is 5.32 Å². The lowest BCUT2D eigenvalue weighted by atomic mass is 9.47. The third kappa shape index (κ3) is 3.68. The summed E-state index contributed by atoms with van der Waals surface area (Å²) in [5.74, 6) is 0.862. The molecule has 164 valence electrons. The van der Waals surface area contributed by atoms with Gasteiger partial charge in [0.15, 0.2) is 0 Å². The number of ether oxygens (including phenoxy) is 1. The number of aliphatic hydroxyl groups is 1. The van der Waals surface area contributed by atoms with Crippen LogP contribution in [0.4, 0.5) is 5.69 Å². The molecule has 5 aliphatic rings. The number of benzene rings is 1. The molecule has 5 fully saturated rings. The summed E-state index contributed by atoms with van der Waals surface area (Å²) in [7, 11) is -3.70. The Hall–Kier alpha value is -1.48. The molecule has 1 heterocycles. The number of hydrogen-bond donors (Lipinski definition) is 2. The lowest BCUT2D eigenvalue weighted by Crippen LogP contribution is -2.56. The molecule has 1 aliphatic heterocycles. The van der Waals surface area contributed by atoms with Gasteiger partial charge in [0.2, 0.25) is 15.9 Å². The van der Waals surface area contributed by atoms with Gasteiger partial charge in [0.1, 0.15) is 4.90 Å². The maximum Gasteiger partial charge on any atom is 0.245 e. The second-order valence-corrected chi connectivity index (χ2v) is 11.8. The van der Waals surface area contributed by atoms with E-state index in [9.17, 15) is 18.3 Å². The minimum atomic E-state index is -3.70. The molecular weight excluding hydrogens is 404 g/mol. The molecule has 1 aromatic carbocycles. The Bertz CT molecular complexity index is 927. The second-order valence-electron chi connectivity index (χ2n) is 9.92. The lowest BCUT2D eigenvalue weighted by molar-refractivity contribution is -0.167. The first-order valence-corrected chi connectivity index (χ1v) is 12.4. The van der Waals surface area contributed by atoms with Crippen LogP contribution in [-0.4, -0.2) is 55.6 Å². The Morgan fingerprint density at radius 3 is 2.47 bits per heavy atom. The summed E-state index contributed by atoms with van der Waals surface area (Å²) in [6.07, 6.45) is 5.93.